The molecule has 6 nitrogen and oxygen atoms in total. The highest BCUT2D eigenvalue weighted by atomic mass is 16.2. The average molecular weight is 328 g/mol. The Morgan fingerprint density at radius 2 is 1.75 bits per heavy atom. The number of rotatable bonds is 7. The zero-order chi connectivity index (χ0) is 17.5. The molecule has 0 aliphatic heterocycles. The highest BCUT2D eigenvalue weighted by Gasteiger charge is 2.09. The number of benzene rings is 1. The van der Waals surface area contributed by atoms with Crippen molar-refractivity contribution in [1.82, 2.24) is 20.1 Å². The Hall–Kier alpha value is -2.60. The molecule has 0 radical (unpaired) electrons. The van der Waals surface area contributed by atoms with Crippen molar-refractivity contribution in [2.45, 2.75) is 6.54 Å². The molecular formula is C18H24N4O2. The summed E-state index contributed by atoms with van der Waals surface area (Å²) < 4.78 is 1.77. The molecular weight excluding hydrogens is 304 g/mol. The van der Waals surface area contributed by atoms with Gasteiger partial charge in [-0.3, -0.25) is 9.59 Å². The minimum Gasteiger partial charge on any atom is -0.351 e. The maximum absolute atomic E-state index is 12.0. The van der Waals surface area contributed by atoms with Crippen LogP contribution in [0.3, 0.4) is 0 Å². The molecule has 0 aliphatic carbocycles. The number of amides is 2. The molecule has 0 aliphatic rings. The van der Waals surface area contributed by atoms with Crippen LogP contribution in [0.1, 0.15) is 26.4 Å². The van der Waals surface area contributed by atoms with Crippen molar-refractivity contribution in [2.24, 2.45) is 7.05 Å². The summed E-state index contributed by atoms with van der Waals surface area (Å²) >= 11 is 0. The number of nitrogens with zero attached hydrogens (tertiary/aromatic N) is 2. The monoisotopic (exact) mass is 328 g/mol. The number of hydrogen-bond donors (Lipinski definition) is 2. The summed E-state index contributed by atoms with van der Waals surface area (Å²) in [5.74, 6) is -0.204. The van der Waals surface area contributed by atoms with E-state index in [0.29, 0.717) is 24.3 Å². The van der Waals surface area contributed by atoms with Crippen LogP contribution in [0, 0.1) is 0 Å². The summed E-state index contributed by atoms with van der Waals surface area (Å²) in [5.41, 5.74) is 2.18. The van der Waals surface area contributed by atoms with E-state index in [-0.39, 0.29) is 11.8 Å². The first-order valence-electron chi connectivity index (χ1n) is 7.89. The van der Waals surface area contributed by atoms with Crippen LogP contribution < -0.4 is 10.6 Å². The van der Waals surface area contributed by atoms with Gasteiger partial charge >= 0.3 is 0 Å². The largest absolute Gasteiger partial charge is 0.351 e. The lowest BCUT2D eigenvalue weighted by Gasteiger charge is -2.11. The van der Waals surface area contributed by atoms with Gasteiger partial charge < -0.3 is 20.1 Å². The van der Waals surface area contributed by atoms with E-state index in [4.69, 9.17) is 0 Å². The quantitative estimate of drug-likeness (QED) is 0.804. The number of carbonyl (C=O) groups is 2. The van der Waals surface area contributed by atoms with Crippen molar-refractivity contribution < 1.29 is 9.59 Å². The fourth-order valence-corrected chi connectivity index (χ4v) is 2.24. The predicted octanol–water partition coefficient (Wildman–Crippen LogP) is 1.25. The summed E-state index contributed by atoms with van der Waals surface area (Å²) in [6.07, 6.45) is 1.83. The van der Waals surface area contributed by atoms with Crippen LogP contribution in [-0.4, -0.2) is 48.5 Å². The van der Waals surface area contributed by atoms with Gasteiger partial charge in [0.25, 0.3) is 11.8 Å². The second kappa shape index (κ2) is 8.31. The van der Waals surface area contributed by atoms with Gasteiger partial charge in [0.15, 0.2) is 0 Å². The molecule has 2 amide bonds. The minimum absolute atomic E-state index is 0.0868. The van der Waals surface area contributed by atoms with E-state index in [9.17, 15) is 9.59 Å². The van der Waals surface area contributed by atoms with Crippen LogP contribution in [0.5, 0.6) is 0 Å². The normalized spacial score (nSPS) is 10.7. The van der Waals surface area contributed by atoms with Crippen LogP contribution in [0.2, 0.25) is 0 Å². The molecule has 0 saturated carbocycles. The molecule has 1 heterocycles. The number of aryl methyl sites for hydroxylation is 1. The van der Waals surface area contributed by atoms with Gasteiger partial charge in [-0.25, -0.2) is 0 Å². The van der Waals surface area contributed by atoms with Gasteiger partial charge in [0, 0.05) is 38.4 Å². The first-order chi connectivity index (χ1) is 11.5. The molecule has 6 heteroatoms. The molecule has 0 bridgehead atoms. The third-order valence-electron chi connectivity index (χ3n) is 3.69. The molecule has 2 aromatic rings. The Labute approximate surface area is 142 Å². The summed E-state index contributed by atoms with van der Waals surface area (Å²) in [4.78, 5) is 26.1. The third-order valence-corrected chi connectivity index (χ3v) is 3.69. The molecule has 2 N–H and O–H groups in total. The lowest BCUT2D eigenvalue weighted by Crippen LogP contribution is -2.31. The second-order valence-corrected chi connectivity index (χ2v) is 5.94. The second-order valence-electron chi connectivity index (χ2n) is 5.94. The van der Waals surface area contributed by atoms with Gasteiger partial charge in [-0.15, -0.1) is 0 Å². The molecule has 1 aromatic carbocycles. The van der Waals surface area contributed by atoms with Crippen LogP contribution in [0.4, 0.5) is 0 Å². The molecule has 0 fully saturated rings. The van der Waals surface area contributed by atoms with Crippen molar-refractivity contribution in [3.8, 4) is 0 Å². The Morgan fingerprint density at radius 3 is 2.33 bits per heavy atom. The molecule has 24 heavy (non-hydrogen) atoms. The summed E-state index contributed by atoms with van der Waals surface area (Å²) in [6.45, 7) is 1.84. The Bertz CT molecular complexity index is 689. The minimum atomic E-state index is -0.118. The topological polar surface area (TPSA) is 66.4 Å². The van der Waals surface area contributed by atoms with Crippen molar-refractivity contribution in [2.75, 3.05) is 27.2 Å². The van der Waals surface area contributed by atoms with Gasteiger partial charge in [-0.2, -0.15) is 0 Å². The Kier molecular flexibility index (Phi) is 6.14. The van der Waals surface area contributed by atoms with E-state index in [1.54, 1.807) is 22.8 Å². The Balaban J connectivity index is 1.84. The van der Waals surface area contributed by atoms with Gasteiger partial charge in [0.05, 0.1) is 0 Å². The van der Waals surface area contributed by atoms with Crippen LogP contribution >= 0.6 is 0 Å². The van der Waals surface area contributed by atoms with Gasteiger partial charge in [-0.1, -0.05) is 12.1 Å². The van der Waals surface area contributed by atoms with Crippen molar-refractivity contribution in [3.05, 3.63) is 59.4 Å². The Morgan fingerprint density at radius 1 is 1.04 bits per heavy atom. The van der Waals surface area contributed by atoms with Crippen molar-refractivity contribution >= 4 is 11.8 Å². The highest BCUT2D eigenvalue weighted by molar-refractivity contribution is 5.94. The van der Waals surface area contributed by atoms with Gasteiger partial charge in [0.2, 0.25) is 0 Å². The molecule has 0 saturated heterocycles. The van der Waals surface area contributed by atoms with Crippen LogP contribution in [0.25, 0.3) is 0 Å². The van der Waals surface area contributed by atoms with Gasteiger partial charge in [-0.05, 0) is 43.9 Å². The lowest BCUT2D eigenvalue weighted by atomic mass is 10.1. The number of hydrogen-bond acceptors (Lipinski definition) is 3. The summed E-state index contributed by atoms with van der Waals surface area (Å²) in [7, 11) is 5.76. The smallest absolute Gasteiger partial charge is 0.268 e. The fourth-order valence-electron chi connectivity index (χ4n) is 2.24. The number of nitrogens with one attached hydrogen (secondary N) is 2. The number of aromatic nitrogens is 1. The van der Waals surface area contributed by atoms with E-state index in [1.165, 1.54) is 0 Å². The predicted molar refractivity (Wildman–Crippen MR) is 93.9 cm³/mol. The SMILES string of the molecule is CN(C)CCNC(=O)c1ccc(CNC(=O)c2cccn2C)cc1. The maximum Gasteiger partial charge on any atom is 0.268 e. The van der Waals surface area contributed by atoms with E-state index in [0.717, 1.165) is 12.1 Å². The van der Waals surface area contributed by atoms with Crippen LogP contribution in [0.15, 0.2) is 42.6 Å². The van der Waals surface area contributed by atoms with E-state index < -0.39 is 0 Å². The molecule has 0 atom stereocenters. The molecule has 0 spiro atoms. The average Bonchev–Trinajstić information content (AvgIpc) is 2.99. The first kappa shape index (κ1) is 17.7. The molecule has 128 valence electrons. The van der Waals surface area contributed by atoms with Crippen LogP contribution in [-0.2, 0) is 13.6 Å². The van der Waals surface area contributed by atoms with Crippen molar-refractivity contribution in [1.29, 1.82) is 0 Å². The first-order valence-corrected chi connectivity index (χ1v) is 7.89. The third kappa shape index (κ3) is 4.96. The zero-order valence-corrected chi connectivity index (χ0v) is 14.4. The highest BCUT2D eigenvalue weighted by Crippen LogP contribution is 2.05. The van der Waals surface area contributed by atoms with E-state index in [2.05, 4.69) is 10.6 Å². The summed E-state index contributed by atoms with van der Waals surface area (Å²) in [5, 5.41) is 5.74. The number of likely N-dealkylation sites (N-methyl/N-ethyl adjacent to an activating group) is 1. The van der Waals surface area contributed by atoms with Gasteiger partial charge in [0.1, 0.15) is 5.69 Å². The molecule has 2 rings (SSSR count). The molecule has 0 unspecified atom stereocenters. The molecule has 1 aromatic heterocycles. The van der Waals surface area contributed by atoms with E-state index in [1.807, 2.05) is 50.4 Å². The summed E-state index contributed by atoms with van der Waals surface area (Å²) in [6, 6.07) is 10.9. The maximum atomic E-state index is 12.0. The fraction of sp³-hybridized carbons (Fsp3) is 0.333. The lowest BCUT2D eigenvalue weighted by molar-refractivity contribution is 0.0936. The standard InChI is InChI=1S/C18H24N4O2/c1-21(2)12-10-19-17(23)15-8-6-14(7-9-15)13-20-18(24)16-5-4-11-22(16)3/h4-9,11H,10,12-13H2,1-3H3,(H,19,23)(H,20,24). The van der Waals surface area contributed by atoms with E-state index >= 15 is 0 Å². The van der Waals surface area contributed by atoms with Crippen molar-refractivity contribution in [3.63, 3.8) is 0 Å². The number of carbonyl (C=O) groups excluding carboxylic acids is 2. The zero-order valence-electron chi connectivity index (χ0n) is 14.4.